The fraction of sp³-hybridized carbons (Fsp3) is 0.600. The lowest BCUT2D eigenvalue weighted by Gasteiger charge is -1.96. The van der Waals surface area contributed by atoms with Crippen molar-refractivity contribution in [3.05, 3.63) is 24.2 Å². The van der Waals surface area contributed by atoms with Crippen molar-refractivity contribution in [1.82, 2.24) is 0 Å². The Morgan fingerprint density at radius 2 is 2.00 bits per heavy atom. The quantitative estimate of drug-likeness (QED) is 0.661. The molecular formula is C10H16O2. The zero-order valence-corrected chi connectivity index (χ0v) is 7.33. The molecule has 0 aliphatic heterocycles. The van der Waals surface area contributed by atoms with E-state index in [0.29, 0.717) is 6.61 Å². The lowest BCUT2D eigenvalue weighted by Crippen LogP contribution is -1.85. The van der Waals surface area contributed by atoms with Gasteiger partial charge in [-0.2, -0.15) is 0 Å². The van der Waals surface area contributed by atoms with E-state index in [1.165, 1.54) is 6.42 Å². The minimum absolute atomic E-state index is 0.320. The van der Waals surface area contributed by atoms with Crippen molar-refractivity contribution in [2.45, 2.75) is 32.1 Å². The van der Waals surface area contributed by atoms with Gasteiger partial charge < -0.3 is 9.52 Å². The molecule has 0 spiro atoms. The first-order valence-electron chi connectivity index (χ1n) is 4.56. The summed E-state index contributed by atoms with van der Waals surface area (Å²) in [6, 6.07) is 3.93. The zero-order chi connectivity index (χ0) is 8.65. The van der Waals surface area contributed by atoms with Crippen LogP contribution in [0.3, 0.4) is 0 Å². The van der Waals surface area contributed by atoms with E-state index in [9.17, 15) is 0 Å². The second kappa shape index (κ2) is 5.84. The van der Waals surface area contributed by atoms with Crippen LogP contribution < -0.4 is 0 Å². The number of aliphatic hydroxyl groups excluding tert-OH is 1. The maximum absolute atomic E-state index is 8.53. The molecule has 0 unspecified atom stereocenters. The molecule has 1 aromatic heterocycles. The van der Waals surface area contributed by atoms with E-state index in [-0.39, 0.29) is 0 Å². The minimum atomic E-state index is 0.320. The molecule has 0 saturated heterocycles. The predicted molar refractivity (Wildman–Crippen MR) is 48.0 cm³/mol. The lowest BCUT2D eigenvalue weighted by atomic mass is 10.1. The molecule has 0 aromatic carbocycles. The number of aliphatic hydroxyl groups is 1. The highest BCUT2D eigenvalue weighted by Gasteiger charge is 1.94. The number of aryl methyl sites for hydroxylation is 1. The second-order valence-corrected chi connectivity index (χ2v) is 2.97. The minimum Gasteiger partial charge on any atom is -0.469 e. The van der Waals surface area contributed by atoms with Crippen LogP contribution in [0.25, 0.3) is 0 Å². The average Bonchev–Trinajstić information content (AvgIpc) is 2.57. The Kier molecular flexibility index (Phi) is 4.54. The number of rotatable bonds is 6. The van der Waals surface area contributed by atoms with E-state index in [1.54, 1.807) is 6.26 Å². The normalized spacial score (nSPS) is 10.4. The average molecular weight is 168 g/mol. The molecule has 2 nitrogen and oxygen atoms in total. The summed E-state index contributed by atoms with van der Waals surface area (Å²) in [7, 11) is 0. The van der Waals surface area contributed by atoms with Gasteiger partial charge in [0.15, 0.2) is 0 Å². The summed E-state index contributed by atoms with van der Waals surface area (Å²) in [5.74, 6) is 1.07. The maximum atomic E-state index is 8.53. The van der Waals surface area contributed by atoms with E-state index in [1.807, 2.05) is 12.1 Å². The van der Waals surface area contributed by atoms with E-state index in [2.05, 4.69) is 0 Å². The maximum Gasteiger partial charge on any atom is 0.103 e. The predicted octanol–water partition coefficient (Wildman–Crippen LogP) is 2.37. The Morgan fingerprint density at radius 1 is 1.17 bits per heavy atom. The van der Waals surface area contributed by atoms with Crippen molar-refractivity contribution in [1.29, 1.82) is 0 Å². The van der Waals surface area contributed by atoms with Crippen molar-refractivity contribution in [3.8, 4) is 0 Å². The first-order valence-corrected chi connectivity index (χ1v) is 4.56. The summed E-state index contributed by atoms with van der Waals surface area (Å²) in [5.41, 5.74) is 0. The Hall–Kier alpha value is -0.760. The Morgan fingerprint density at radius 3 is 2.67 bits per heavy atom. The van der Waals surface area contributed by atoms with Crippen LogP contribution in [0.5, 0.6) is 0 Å². The van der Waals surface area contributed by atoms with Crippen LogP contribution in [-0.4, -0.2) is 11.7 Å². The highest BCUT2D eigenvalue weighted by atomic mass is 16.3. The molecule has 0 aliphatic carbocycles. The molecule has 68 valence electrons. The molecule has 0 radical (unpaired) electrons. The summed E-state index contributed by atoms with van der Waals surface area (Å²) in [6.45, 7) is 0.320. The summed E-state index contributed by atoms with van der Waals surface area (Å²) in [5, 5.41) is 8.53. The van der Waals surface area contributed by atoms with Crippen molar-refractivity contribution >= 4 is 0 Å². The van der Waals surface area contributed by atoms with Crippen molar-refractivity contribution in [2.75, 3.05) is 6.61 Å². The molecular weight excluding hydrogens is 152 g/mol. The van der Waals surface area contributed by atoms with Crippen molar-refractivity contribution in [2.24, 2.45) is 0 Å². The number of furan rings is 1. The molecule has 0 atom stereocenters. The first kappa shape index (κ1) is 9.33. The Bertz CT molecular complexity index is 180. The molecule has 1 aromatic rings. The lowest BCUT2D eigenvalue weighted by molar-refractivity contribution is 0.282. The standard InChI is InChI=1S/C10H16O2/c11-8-4-2-1-3-6-10-7-5-9-12-10/h5,7,9,11H,1-4,6,8H2. The Labute approximate surface area is 73.2 Å². The third-order valence-electron chi connectivity index (χ3n) is 1.91. The van der Waals surface area contributed by atoms with Crippen LogP contribution in [0.2, 0.25) is 0 Å². The molecule has 2 heteroatoms. The topological polar surface area (TPSA) is 33.4 Å². The monoisotopic (exact) mass is 168 g/mol. The molecule has 0 amide bonds. The van der Waals surface area contributed by atoms with Gasteiger partial charge in [-0.3, -0.25) is 0 Å². The summed E-state index contributed by atoms with van der Waals surface area (Å²) in [6.07, 6.45) is 7.13. The molecule has 1 rings (SSSR count). The van der Waals surface area contributed by atoms with Gasteiger partial charge in [0.1, 0.15) is 5.76 Å². The van der Waals surface area contributed by atoms with Gasteiger partial charge in [0.05, 0.1) is 6.26 Å². The zero-order valence-electron chi connectivity index (χ0n) is 7.33. The van der Waals surface area contributed by atoms with E-state index in [4.69, 9.17) is 9.52 Å². The Balaban J connectivity index is 1.96. The molecule has 1 N–H and O–H groups in total. The third-order valence-corrected chi connectivity index (χ3v) is 1.91. The van der Waals surface area contributed by atoms with Crippen LogP contribution in [0.1, 0.15) is 31.4 Å². The number of hydrogen-bond acceptors (Lipinski definition) is 2. The van der Waals surface area contributed by atoms with E-state index >= 15 is 0 Å². The van der Waals surface area contributed by atoms with Crippen LogP contribution in [0, 0.1) is 0 Å². The van der Waals surface area contributed by atoms with Gasteiger partial charge in [-0.25, -0.2) is 0 Å². The molecule has 1 heterocycles. The van der Waals surface area contributed by atoms with Gasteiger partial charge in [0.25, 0.3) is 0 Å². The van der Waals surface area contributed by atoms with Gasteiger partial charge in [-0.1, -0.05) is 12.8 Å². The van der Waals surface area contributed by atoms with E-state index in [0.717, 1.165) is 31.4 Å². The van der Waals surface area contributed by atoms with Gasteiger partial charge >= 0.3 is 0 Å². The number of hydrogen-bond donors (Lipinski definition) is 1. The van der Waals surface area contributed by atoms with Crippen LogP contribution in [0.4, 0.5) is 0 Å². The first-order chi connectivity index (χ1) is 5.93. The van der Waals surface area contributed by atoms with Gasteiger partial charge in [0.2, 0.25) is 0 Å². The fourth-order valence-corrected chi connectivity index (χ4v) is 1.22. The van der Waals surface area contributed by atoms with Gasteiger partial charge in [0, 0.05) is 13.0 Å². The van der Waals surface area contributed by atoms with Crippen LogP contribution in [-0.2, 0) is 6.42 Å². The third kappa shape index (κ3) is 3.58. The molecule has 0 fully saturated rings. The molecule has 0 aliphatic rings. The SMILES string of the molecule is OCCCCCCc1ccco1. The van der Waals surface area contributed by atoms with Crippen LogP contribution >= 0.6 is 0 Å². The van der Waals surface area contributed by atoms with E-state index < -0.39 is 0 Å². The van der Waals surface area contributed by atoms with Crippen LogP contribution in [0.15, 0.2) is 22.8 Å². The highest BCUT2D eigenvalue weighted by Crippen LogP contribution is 2.07. The smallest absolute Gasteiger partial charge is 0.103 e. The highest BCUT2D eigenvalue weighted by molar-refractivity contribution is 4.97. The number of unbranched alkanes of at least 4 members (excludes halogenated alkanes) is 3. The summed E-state index contributed by atoms with van der Waals surface area (Å²) < 4.78 is 5.19. The molecule has 12 heavy (non-hydrogen) atoms. The van der Waals surface area contributed by atoms with Crippen molar-refractivity contribution < 1.29 is 9.52 Å². The molecule has 0 saturated carbocycles. The van der Waals surface area contributed by atoms with Gasteiger partial charge in [-0.15, -0.1) is 0 Å². The largest absolute Gasteiger partial charge is 0.469 e. The fourth-order valence-electron chi connectivity index (χ4n) is 1.22. The summed E-state index contributed by atoms with van der Waals surface area (Å²) in [4.78, 5) is 0. The molecule has 0 bridgehead atoms. The van der Waals surface area contributed by atoms with Gasteiger partial charge in [-0.05, 0) is 25.0 Å². The summed E-state index contributed by atoms with van der Waals surface area (Å²) >= 11 is 0. The second-order valence-electron chi connectivity index (χ2n) is 2.97. The van der Waals surface area contributed by atoms with Crippen molar-refractivity contribution in [3.63, 3.8) is 0 Å².